The van der Waals surface area contributed by atoms with E-state index in [2.05, 4.69) is 36.4 Å². The van der Waals surface area contributed by atoms with Gasteiger partial charge in [-0.1, -0.05) is 0 Å². The van der Waals surface area contributed by atoms with Gasteiger partial charge in [0.05, 0.1) is 13.2 Å². The smallest absolute Gasteiger partial charge is 0.0620 e. The van der Waals surface area contributed by atoms with Gasteiger partial charge in [-0.2, -0.15) is 0 Å². The van der Waals surface area contributed by atoms with Crippen LogP contribution in [0.3, 0.4) is 0 Å². The van der Waals surface area contributed by atoms with E-state index in [1.54, 1.807) is 0 Å². The van der Waals surface area contributed by atoms with Crippen molar-refractivity contribution in [1.82, 2.24) is 15.5 Å². The molecular formula is C14H29N3O. The van der Waals surface area contributed by atoms with Crippen LogP contribution in [0.5, 0.6) is 0 Å². The fourth-order valence-corrected chi connectivity index (χ4v) is 2.64. The largest absolute Gasteiger partial charge is 0.379 e. The van der Waals surface area contributed by atoms with Gasteiger partial charge in [0.25, 0.3) is 0 Å². The third kappa shape index (κ3) is 4.50. The molecule has 0 aromatic rings. The van der Waals surface area contributed by atoms with Gasteiger partial charge in [-0.25, -0.2) is 0 Å². The molecule has 1 saturated heterocycles. The van der Waals surface area contributed by atoms with Crippen molar-refractivity contribution in [2.75, 3.05) is 33.4 Å². The molecule has 2 rings (SSSR count). The molecule has 0 aromatic carbocycles. The highest BCUT2D eigenvalue weighted by Crippen LogP contribution is 2.26. The Kier molecular flexibility index (Phi) is 5.42. The first kappa shape index (κ1) is 14.3. The van der Waals surface area contributed by atoms with Gasteiger partial charge < -0.3 is 15.4 Å². The third-order valence-electron chi connectivity index (χ3n) is 4.22. The van der Waals surface area contributed by atoms with Crippen LogP contribution in [0.25, 0.3) is 0 Å². The molecule has 1 saturated carbocycles. The van der Waals surface area contributed by atoms with Crippen molar-refractivity contribution >= 4 is 0 Å². The molecule has 3 unspecified atom stereocenters. The summed E-state index contributed by atoms with van der Waals surface area (Å²) in [6.07, 6.45) is 3.93. The van der Waals surface area contributed by atoms with Crippen molar-refractivity contribution in [2.24, 2.45) is 0 Å². The van der Waals surface area contributed by atoms with Crippen molar-refractivity contribution in [1.29, 1.82) is 0 Å². The summed E-state index contributed by atoms with van der Waals surface area (Å²) < 4.78 is 5.49. The Morgan fingerprint density at radius 2 is 2.17 bits per heavy atom. The number of nitrogens with one attached hydrogen (secondary N) is 2. The minimum atomic E-state index is 0.526. The molecule has 1 aliphatic heterocycles. The summed E-state index contributed by atoms with van der Waals surface area (Å²) in [7, 11) is 2.26. The summed E-state index contributed by atoms with van der Waals surface area (Å²) in [5.41, 5.74) is 0. The standard InChI is InChI=1S/C14H29N3O/c1-11(8-13-10-18-7-6-15-13)16-9-12(2)17(3)14-4-5-14/h11-16H,4-10H2,1-3H3. The molecule has 2 fully saturated rings. The number of likely N-dealkylation sites (N-methyl/N-ethyl adjacent to an activating group) is 1. The number of morpholine rings is 1. The van der Waals surface area contributed by atoms with Crippen LogP contribution in [0.2, 0.25) is 0 Å². The zero-order chi connectivity index (χ0) is 13.0. The van der Waals surface area contributed by atoms with Crippen LogP contribution in [-0.2, 0) is 4.74 Å². The number of hydrogen-bond acceptors (Lipinski definition) is 4. The zero-order valence-electron chi connectivity index (χ0n) is 12.1. The van der Waals surface area contributed by atoms with E-state index in [1.165, 1.54) is 12.8 Å². The summed E-state index contributed by atoms with van der Waals surface area (Å²) in [6.45, 7) is 8.41. The molecule has 0 aromatic heterocycles. The number of rotatable bonds is 7. The first-order valence-electron chi connectivity index (χ1n) is 7.43. The Morgan fingerprint density at radius 1 is 1.39 bits per heavy atom. The Bertz CT molecular complexity index is 239. The van der Waals surface area contributed by atoms with Crippen LogP contribution in [0.1, 0.15) is 33.1 Å². The van der Waals surface area contributed by atoms with E-state index in [4.69, 9.17) is 4.74 Å². The lowest BCUT2D eigenvalue weighted by Crippen LogP contribution is -2.47. The van der Waals surface area contributed by atoms with Crippen LogP contribution in [0.15, 0.2) is 0 Å². The molecule has 0 bridgehead atoms. The summed E-state index contributed by atoms with van der Waals surface area (Å²) in [5.74, 6) is 0. The van der Waals surface area contributed by atoms with Gasteiger partial charge in [-0.05, 0) is 40.2 Å². The van der Waals surface area contributed by atoms with Crippen molar-refractivity contribution in [3.05, 3.63) is 0 Å². The SMILES string of the molecule is CC(CC1COCCN1)NCC(C)N(C)C1CC1. The third-order valence-corrected chi connectivity index (χ3v) is 4.22. The van der Waals surface area contributed by atoms with Gasteiger partial charge in [0.1, 0.15) is 0 Å². The quantitative estimate of drug-likeness (QED) is 0.706. The average Bonchev–Trinajstić information content (AvgIpc) is 3.20. The van der Waals surface area contributed by atoms with Crippen LogP contribution < -0.4 is 10.6 Å². The summed E-state index contributed by atoms with van der Waals surface area (Å²) >= 11 is 0. The Balaban J connectivity index is 1.59. The van der Waals surface area contributed by atoms with E-state index in [0.717, 1.165) is 38.8 Å². The van der Waals surface area contributed by atoms with Crippen LogP contribution in [0.4, 0.5) is 0 Å². The molecule has 3 atom stereocenters. The molecule has 1 aliphatic carbocycles. The molecule has 4 heteroatoms. The molecule has 18 heavy (non-hydrogen) atoms. The molecule has 0 amide bonds. The first-order valence-corrected chi connectivity index (χ1v) is 7.43. The second-order valence-electron chi connectivity index (χ2n) is 6.02. The molecule has 4 nitrogen and oxygen atoms in total. The highest BCUT2D eigenvalue weighted by molar-refractivity contribution is 4.86. The first-order chi connectivity index (χ1) is 8.66. The van der Waals surface area contributed by atoms with E-state index >= 15 is 0 Å². The van der Waals surface area contributed by atoms with Gasteiger partial charge in [-0.3, -0.25) is 4.90 Å². The maximum absolute atomic E-state index is 5.49. The molecule has 2 aliphatic rings. The van der Waals surface area contributed by atoms with Gasteiger partial charge >= 0.3 is 0 Å². The fraction of sp³-hybridized carbons (Fsp3) is 1.00. The number of ether oxygens (including phenoxy) is 1. The van der Waals surface area contributed by atoms with Gasteiger partial charge in [-0.15, -0.1) is 0 Å². The monoisotopic (exact) mass is 255 g/mol. The Morgan fingerprint density at radius 3 is 2.78 bits per heavy atom. The second kappa shape index (κ2) is 6.85. The lowest BCUT2D eigenvalue weighted by molar-refractivity contribution is 0.0709. The molecule has 106 valence electrons. The maximum Gasteiger partial charge on any atom is 0.0620 e. The Labute approximate surface area is 111 Å². The summed E-state index contributed by atoms with van der Waals surface area (Å²) in [5, 5.41) is 7.17. The summed E-state index contributed by atoms with van der Waals surface area (Å²) in [4.78, 5) is 2.52. The van der Waals surface area contributed by atoms with E-state index in [0.29, 0.717) is 18.1 Å². The van der Waals surface area contributed by atoms with Crippen molar-refractivity contribution < 1.29 is 4.74 Å². The molecular weight excluding hydrogens is 226 g/mol. The molecule has 0 radical (unpaired) electrons. The van der Waals surface area contributed by atoms with Crippen LogP contribution >= 0.6 is 0 Å². The van der Waals surface area contributed by atoms with Crippen molar-refractivity contribution in [3.63, 3.8) is 0 Å². The second-order valence-corrected chi connectivity index (χ2v) is 6.02. The van der Waals surface area contributed by atoms with Crippen LogP contribution in [0, 0.1) is 0 Å². The topological polar surface area (TPSA) is 36.5 Å². The van der Waals surface area contributed by atoms with E-state index in [1.807, 2.05) is 0 Å². The van der Waals surface area contributed by atoms with E-state index < -0.39 is 0 Å². The molecule has 1 heterocycles. The normalized spacial score (nSPS) is 28.3. The summed E-state index contributed by atoms with van der Waals surface area (Å²) in [6, 6.07) is 2.57. The predicted molar refractivity (Wildman–Crippen MR) is 74.9 cm³/mol. The lowest BCUT2D eigenvalue weighted by Gasteiger charge is -2.29. The van der Waals surface area contributed by atoms with Gasteiger partial charge in [0.2, 0.25) is 0 Å². The zero-order valence-corrected chi connectivity index (χ0v) is 12.1. The Hall–Kier alpha value is -0.160. The maximum atomic E-state index is 5.49. The minimum Gasteiger partial charge on any atom is -0.379 e. The highest BCUT2D eigenvalue weighted by atomic mass is 16.5. The molecule has 0 spiro atoms. The number of nitrogens with zero attached hydrogens (tertiary/aromatic N) is 1. The number of hydrogen-bond donors (Lipinski definition) is 2. The van der Waals surface area contributed by atoms with Crippen LogP contribution in [-0.4, -0.2) is 62.4 Å². The molecule has 2 N–H and O–H groups in total. The fourth-order valence-electron chi connectivity index (χ4n) is 2.64. The van der Waals surface area contributed by atoms with E-state index in [-0.39, 0.29) is 0 Å². The van der Waals surface area contributed by atoms with Crippen molar-refractivity contribution in [2.45, 2.75) is 57.3 Å². The van der Waals surface area contributed by atoms with Gasteiger partial charge in [0.15, 0.2) is 0 Å². The van der Waals surface area contributed by atoms with E-state index in [9.17, 15) is 0 Å². The average molecular weight is 255 g/mol. The highest BCUT2D eigenvalue weighted by Gasteiger charge is 2.29. The van der Waals surface area contributed by atoms with Crippen molar-refractivity contribution in [3.8, 4) is 0 Å². The predicted octanol–water partition coefficient (Wildman–Crippen LogP) is 0.826. The van der Waals surface area contributed by atoms with Gasteiger partial charge in [0, 0.05) is 37.3 Å². The lowest BCUT2D eigenvalue weighted by atomic mass is 10.1. The minimum absolute atomic E-state index is 0.526.